The Morgan fingerprint density at radius 3 is 1.76 bits per heavy atom. The second kappa shape index (κ2) is 17.3. The van der Waals surface area contributed by atoms with Crippen LogP contribution in [0.5, 0.6) is 0 Å². The van der Waals surface area contributed by atoms with Gasteiger partial charge in [-0.2, -0.15) is 10.2 Å². The lowest BCUT2D eigenvalue weighted by molar-refractivity contribution is 0.153. The molecule has 0 aliphatic carbocycles. The number of nitrogens with zero attached hydrogens (tertiary/aromatic N) is 15. The van der Waals surface area contributed by atoms with E-state index in [1.165, 1.54) is 5.56 Å². The second-order valence-corrected chi connectivity index (χ2v) is 15.7. The third-order valence-corrected chi connectivity index (χ3v) is 11.7. The van der Waals surface area contributed by atoms with Gasteiger partial charge in [0.25, 0.3) is 0 Å². The number of fused-ring (bicyclic) bond motifs is 2. The molecule has 0 amide bonds. The standard InChI is InChI=1S/C20H22BrN9.C18H18BrN9.CH4/c1-3-28-6-7-29(13(2)19(28)14-8-25-26-9-14)17-4-5-22-20(27-17)15-10-24-18-11-23-16(21)12-30(15)18;1-11-17(12-6-24-25-7-12)20-4-5-27(11)15-2-3-21-18(26-15)13-8-23-16-9-22-14(19)10-28(13)16;/h4-5,8-13,19H,3,6-7H2,1-2H3,(H,25,26);2-3,6-11,17,20H,4-5H2,1H3,(H,24,25);1H4. The fourth-order valence-electron chi connectivity index (χ4n) is 8.02. The van der Waals surface area contributed by atoms with Gasteiger partial charge in [0.15, 0.2) is 22.9 Å². The van der Waals surface area contributed by atoms with Gasteiger partial charge in [0.1, 0.15) is 32.2 Å². The molecule has 4 atom stereocenters. The van der Waals surface area contributed by atoms with Gasteiger partial charge in [-0.3, -0.25) is 23.9 Å². The van der Waals surface area contributed by atoms with E-state index in [0.29, 0.717) is 11.6 Å². The van der Waals surface area contributed by atoms with Gasteiger partial charge in [0, 0.05) is 86.6 Å². The molecule has 0 bridgehead atoms. The van der Waals surface area contributed by atoms with Crippen molar-refractivity contribution in [2.75, 3.05) is 42.5 Å². The van der Waals surface area contributed by atoms with Crippen molar-refractivity contribution < 1.29 is 0 Å². The molecule has 8 aromatic rings. The molecular weight excluding hydrogens is 880 g/mol. The monoisotopic (exact) mass is 922 g/mol. The SMILES string of the molecule is C.CC1C(c2cn[nH]c2)NCCN1c1ccnc(-c2cnc3cnc(Br)cn23)n1.CCN1CCN(c2ccnc(-c3cnc4cnc(Br)cn34)n2)C(C)C1c1cn[nH]c1. The molecule has 2 aliphatic rings. The minimum absolute atomic E-state index is 0. The maximum Gasteiger partial charge on any atom is 0.180 e. The van der Waals surface area contributed by atoms with Crippen LogP contribution in [-0.2, 0) is 0 Å². The molecule has 4 unspecified atom stereocenters. The van der Waals surface area contributed by atoms with Crippen molar-refractivity contribution in [2.24, 2.45) is 0 Å². The molecule has 10 rings (SSSR count). The van der Waals surface area contributed by atoms with Crippen LogP contribution in [0.2, 0.25) is 0 Å². The van der Waals surface area contributed by atoms with Gasteiger partial charge in [-0.15, -0.1) is 0 Å². The number of piperazine rings is 2. The van der Waals surface area contributed by atoms with E-state index < -0.39 is 0 Å². The Kier molecular flexibility index (Phi) is 11.7. The third kappa shape index (κ3) is 7.91. The average molecular weight is 925 g/mol. The lowest BCUT2D eigenvalue weighted by atomic mass is 9.97. The third-order valence-electron chi connectivity index (χ3n) is 10.9. The number of anilines is 2. The minimum Gasteiger partial charge on any atom is -0.351 e. The number of nitrogens with one attached hydrogen (secondary N) is 3. The summed E-state index contributed by atoms with van der Waals surface area (Å²) in [5, 5.41) is 17.7. The van der Waals surface area contributed by atoms with E-state index in [1.807, 2.05) is 64.3 Å². The number of rotatable bonds is 7. The highest BCUT2D eigenvalue weighted by Gasteiger charge is 2.35. The predicted octanol–water partition coefficient (Wildman–Crippen LogP) is 5.79. The molecule has 2 aliphatic heterocycles. The topological polar surface area (TPSA) is 191 Å². The van der Waals surface area contributed by atoms with Crippen molar-refractivity contribution in [3.8, 4) is 23.0 Å². The van der Waals surface area contributed by atoms with Crippen LogP contribution in [0.25, 0.3) is 34.3 Å². The van der Waals surface area contributed by atoms with Crippen LogP contribution in [0.4, 0.5) is 11.6 Å². The summed E-state index contributed by atoms with van der Waals surface area (Å²) in [6.07, 6.45) is 22.1. The van der Waals surface area contributed by atoms with Crippen LogP contribution in [-0.4, -0.2) is 119 Å². The van der Waals surface area contributed by atoms with Crippen LogP contribution in [0, 0.1) is 0 Å². The van der Waals surface area contributed by atoms with E-state index in [2.05, 4.69) is 123 Å². The molecule has 2 saturated heterocycles. The Morgan fingerprint density at radius 2 is 1.22 bits per heavy atom. The maximum atomic E-state index is 4.91. The van der Waals surface area contributed by atoms with Gasteiger partial charge in [-0.25, -0.2) is 39.9 Å². The van der Waals surface area contributed by atoms with Crippen molar-refractivity contribution >= 4 is 54.8 Å². The molecule has 3 N–H and O–H groups in total. The summed E-state index contributed by atoms with van der Waals surface area (Å²) in [5.41, 5.74) is 5.51. The first kappa shape index (κ1) is 40.1. The van der Waals surface area contributed by atoms with Gasteiger partial charge in [-0.05, 0) is 64.4 Å². The van der Waals surface area contributed by atoms with Crippen molar-refractivity contribution in [2.45, 2.75) is 52.4 Å². The fourth-order valence-corrected chi connectivity index (χ4v) is 8.63. The van der Waals surface area contributed by atoms with Crippen molar-refractivity contribution in [1.29, 1.82) is 0 Å². The van der Waals surface area contributed by atoms with E-state index >= 15 is 0 Å². The molecule has 59 heavy (non-hydrogen) atoms. The smallest absolute Gasteiger partial charge is 0.180 e. The highest BCUT2D eigenvalue weighted by molar-refractivity contribution is 9.10. The Balaban J connectivity index is 0.000000162. The molecule has 304 valence electrons. The highest BCUT2D eigenvalue weighted by Crippen LogP contribution is 2.34. The summed E-state index contributed by atoms with van der Waals surface area (Å²) in [5.74, 6) is 3.09. The Hall–Kier alpha value is -5.70. The van der Waals surface area contributed by atoms with E-state index in [0.717, 1.165) is 81.8 Å². The van der Waals surface area contributed by atoms with Gasteiger partial charge >= 0.3 is 0 Å². The molecule has 10 heterocycles. The summed E-state index contributed by atoms with van der Waals surface area (Å²) in [7, 11) is 0. The average Bonchev–Trinajstić information content (AvgIpc) is 4.09. The number of aromatic amines is 2. The van der Waals surface area contributed by atoms with Crippen molar-refractivity contribution in [3.63, 3.8) is 0 Å². The van der Waals surface area contributed by atoms with Gasteiger partial charge in [0.2, 0.25) is 0 Å². The molecule has 0 aromatic carbocycles. The maximum absolute atomic E-state index is 4.91. The minimum atomic E-state index is 0. The van der Waals surface area contributed by atoms with Gasteiger partial charge in [-0.1, -0.05) is 14.4 Å². The number of H-pyrrole nitrogens is 2. The number of imidazole rings is 2. The largest absolute Gasteiger partial charge is 0.351 e. The predicted molar refractivity (Wildman–Crippen MR) is 232 cm³/mol. The molecular formula is C39H44Br2N18. The number of hydrogen-bond acceptors (Lipinski definition) is 14. The molecule has 8 aromatic heterocycles. The van der Waals surface area contributed by atoms with Crippen LogP contribution >= 0.6 is 31.9 Å². The number of aromatic nitrogens is 14. The normalized spacial score (nSPS) is 19.7. The molecule has 0 radical (unpaired) electrons. The van der Waals surface area contributed by atoms with E-state index in [4.69, 9.17) is 9.97 Å². The first-order valence-electron chi connectivity index (χ1n) is 19.0. The van der Waals surface area contributed by atoms with E-state index in [9.17, 15) is 0 Å². The lowest BCUT2D eigenvalue weighted by Gasteiger charge is -2.46. The molecule has 20 heteroatoms. The molecule has 2 fully saturated rings. The van der Waals surface area contributed by atoms with Gasteiger partial charge in [0.05, 0.1) is 49.3 Å². The summed E-state index contributed by atoms with van der Waals surface area (Å²) < 4.78 is 5.35. The van der Waals surface area contributed by atoms with E-state index in [1.54, 1.807) is 31.0 Å². The Bertz CT molecular complexity index is 2630. The number of halogens is 2. The van der Waals surface area contributed by atoms with Crippen LogP contribution in [0.1, 0.15) is 51.4 Å². The van der Waals surface area contributed by atoms with Crippen molar-refractivity contribution in [3.05, 3.63) is 107 Å². The summed E-state index contributed by atoms with van der Waals surface area (Å²) in [6.45, 7) is 11.2. The zero-order valence-corrected chi connectivity index (χ0v) is 35.1. The fraction of sp³-hybridized carbons (Fsp3) is 0.333. The summed E-state index contributed by atoms with van der Waals surface area (Å²) in [4.78, 5) is 43.2. The first-order chi connectivity index (χ1) is 28.4. The van der Waals surface area contributed by atoms with Crippen LogP contribution in [0.3, 0.4) is 0 Å². The molecule has 18 nitrogen and oxygen atoms in total. The zero-order valence-electron chi connectivity index (χ0n) is 31.9. The number of likely N-dealkylation sites (N-methyl/N-ethyl adjacent to an activating group) is 1. The second-order valence-electron chi connectivity index (χ2n) is 14.1. The van der Waals surface area contributed by atoms with Gasteiger partial charge < -0.3 is 15.1 Å². The summed E-state index contributed by atoms with van der Waals surface area (Å²) >= 11 is 6.84. The van der Waals surface area contributed by atoms with Crippen molar-refractivity contribution in [1.82, 2.24) is 79.3 Å². The zero-order chi connectivity index (χ0) is 39.8. The molecule has 0 saturated carbocycles. The summed E-state index contributed by atoms with van der Waals surface area (Å²) in [6, 6.07) is 4.82. The molecule has 0 spiro atoms. The Labute approximate surface area is 357 Å². The van der Waals surface area contributed by atoms with E-state index in [-0.39, 0.29) is 31.6 Å². The number of hydrogen-bond donors (Lipinski definition) is 3. The lowest BCUT2D eigenvalue weighted by Crippen LogP contribution is -2.54. The first-order valence-corrected chi connectivity index (χ1v) is 20.6. The highest BCUT2D eigenvalue weighted by atomic mass is 79.9. The Morgan fingerprint density at radius 1 is 0.661 bits per heavy atom. The van der Waals surface area contributed by atoms with Crippen LogP contribution in [0.15, 0.2) is 95.7 Å². The quantitative estimate of drug-likeness (QED) is 0.174. The van der Waals surface area contributed by atoms with Crippen LogP contribution < -0.4 is 15.1 Å².